The molecule has 1 N–H and O–H groups in total. The molecule has 3 rings (SSSR count). The first-order valence-corrected chi connectivity index (χ1v) is 8.00. The average Bonchev–Trinajstić information content (AvgIpc) is 3.03. The van der Waals surface area contributed by atoms with Crippen LogP contribution in [-0.4, -0.2) is 20.3 Å². The van der Waals surface area contributed by atoms with Crippen LogP contribution in [0, 0.1) is 6.92 Å². The van der Waals surface area contributed by atoms with Crippen molar-refractivity contribution in [1.82, 2.24) is 19.7 Å². The smallest absolute Gasteiger partial charge is 0.226 e. The summed E-state index contributed by atoms with van der Waals surface area (Å²) in [5, 5.41) is 7.85. The summed E-state index contributed by atoms with van der Waals surface area (Å²) in [6.45, 7) is 3.88. The van der Waals surface area contributed by atoms with Crippen LogP contribution in [0.3, 0.4) is 0 Å². The molecule has 0 saturated heterocycles. The maximum absolute atomic E-state index is 12.0. The van der Waals surface area contributed by atoms with Gasteiger partial charge in [0, 0.05) is 23.2 Å². The second-order valence-corrected chi connectivity index (χ2v) is 6.52. The molecule has 7 heteroatoms. The van der Waals surface area contributed by atoms with Gasteiger partial charge in [0.25, 0.3) is 0 Å². The SMILES string of the molecule is Cc1nc(CC(=O)NC(C)c2cn3ccsc3n2)cs1. The van der Waals surface area contributed by atoms with Gasteiger partial charge in [0.15, 0.2) is 4.96 Å². The van der Waals surface area contributed by atoms with Crippen molar-refractivity contribution in [2.24, 2.45) is 0 Å². The van der Waals surface area contributed by atoms with Crippen LogP contribution in [0.25, 0.3) is 4.96 Å². The van der Waals surface area contributed by atoms with Crippen LogP contribution in [0.2, 0.25) is 0 Å². The zero-order chi connectivity index (χ0) is 14.1. The highest BCUT2D eigenvalue weighted by Gasteiger charge is 2.14. The molecule has 20 heavy (non-hydrogen) atoms. The molecular formula is C13H14N4OS2. The summed E-state index contributed by atoms with van der Waals surface area (Å²) in [5.74, 6) is -0.0286. The Hall–Kier alpha value is -1.73. The van der Waals surface area contributed by atoms with Crippen molar-refractivity contribution in [1.29, 1.82) is 0 Å². The van der Waals surface area contributed by atoms with Crippen LogP contribution in [0.5, 0.6) is 0 Å². The van der Waals surface area contributed by atoms with Gasteiger partial charge in [-0.3, -0.25) is 9.20 Å². The van der Waals surface area contributed by atoms with Crippen LogP contribution < -0.4 is 5.32 Å². The number of hydrogen-bond donors (Lipinski definition) is 1. The molecule has 0 aromatic carbocycles. The third-order valence-corrected chi connectivity index (χ3v) is 4.53. The number of amides is 1. The number of nitrogens with one attached hydrogen (secondary N) is 1. The molecule has 1 atom stereocenters. The Morgan fingerprint density at radius 3 is 3.00 bits per heavy atom. The molecular weight excluding hydrogens is 292 g/mol. The minimum absolute atomic E-state index is 0.0286. The highest BCUT2D eigenvalue weighted by Crippen LogP contribution is 2.17. The van der Waals surface area contributed by atoms with E-state index in [1.165, 1.54) is 0 Å². The Balaban J connectivity index is 1.64. The summed E-state index contributed by atoms with van der Waals surface area (Å²) in [7, 11) is 0. The van der Waals surface area contributed by atoms with E-state index < -0.39 is 0 Å². The number of thiazole rings is 2. The monoisotopic (exact) mass is 306 g/mol. The van der Waals surface area contributed by atoms with Gasteiger partial charge in [0.2, 0.25) is 5.91 Å². The average molecular weight is 306 g/mol. The van der Waals surface area contributed by atoms with E-state index in [2.05, 4.69) is 15.3 Å². The van der Waals surface area contributed by atoms with Gasteiger partial charge in [0.1, 0.15) is 0 Å². The van der Waals surface area contributed by atoms with Gasteiger partial charge in [-0.1, -0.05) is 0 Å². The Bertz CT molecular complexity index is 714. The summed E-state index contributed by atoms with van der Waals surface area (Å²) in [6.07, 6.45) is 4.23. The van der Waals surface area contributed by atoms with E-state index in [-0.39, 0.29) is 11.9 Å². The first-order chi connectivity index (χ1) is 9.61. The second-order valence-electron chi connectivity index (χ2n) is 4.58. The predicted octanol–water partition coefficient (Wildman–Crippen LogP) is 2.58. The van der Waals surface area contributed by atoms with Crippen molar-refractivity contribution in [2.45, 2.75) is 26.3 Å². The molecule has 0 radical (unpaired) electrons. The highest BCUT2D eigenvalue weighted by molar-refractivity contribution is 7.15. The molecule has 1 amide bonds. The van der Waals surface area contributed by atoms with Crippen LogP contribution >= 0.6 is 22.7 Å². The van der Waals surface area contributed by atoms with Gasteiger partial charge < -0.3 is 5.32 Å². The van der Waals surface area contributed by atoms with Gasteiger partial charge in [0.05, 0.1) is 28.9 Å². The molecule has 0 fully saturated rings. The second kappa shape index (κ2) is 5.34. The van der Waals surface area contributed by atoms with E-state index in [9.17, 15) is 4.79 Å². The van der Waals surface area contributed by atoms with Gasteiger partial charge in [-0.05, 0) is 13.8 Å². The van der Waals surface area contributed by atoms with E-state index >= 15 is 0 Å². The number of hydrogen-bond acceptors (Lipinski definition) is 5. The van der Waals surface area contributed by atoms with Crippen molar-refractivity contribution in [3.05, 3.63) is 39.5 Å². The largest absolute Gasteiger partial charge is 0.348 e. The number of nitrogens with zero attached hydrogens (tertiary/aromatic N) is 3. The summed E-state index contributed by atoms with van der Waals surface area (Å²) < 4.78 is 1.96. The summed E-state index contributed by atoms with van der Waals surface area (Å²) in [5.41, 5.74) is 1.70. The zero-order valence-electron chi connectivity index (χ0n) is 11.2. The number of fused-ring (bicyclic) bond motifs is 1. The Morgan fingerprint density at radius 1 is 1.45 bits per heavy atom. The Labute approximate surface area is 124 Å². The minimum Gasteiger partial charge on any atom is -0.348 e. The summed E-state index contributed by atoms with van der Waals surface area (Å²) in [6, 6.07) is -0.102. The molecule has 3 aromatic rings. The topological polar surface area (TPSA) is 59.3 Å². The van der Waals surface area contributed by atoms with Gasteiger partial charge >= 0.3 is 0 Å². The maximum atomic E-state index is 12.0. The lowest BCUT2D eigenvalue weighted by Gasteiger charge is -2.10. The quantitative estimate of drug-likeness (QED) is 0.806. The van der Waals surface area contributed by atoms with Crippen LogP contribution in [0.4, 0.5) is 0 Å². The third kappa shape index (κ3) is 2.73. The molecule has 104 valence electrons. The number of aromatic nitrogens is 3. The molecule has 5 nitrogen and oxygen atoms in total. The highest BCUT2D eigenvalue weighted by atomic mass is 32.1. The number of imidazole rings is 1. The molecule has 1 unspecified atom stereocenters. The molecule has 0 spiro atoms. The zero-order valence-corrected chi connectivity index (χ0v) is 12.8. The fourth-order valence-corrected chi connectivity index (χ4v) is 3.29. The van der Waals surface area contributed by atoms with E-state index in [0.717, 1.165) is 21.4 Å². The van der Waals surface area contributed by atoms with Crippen molar-refractivity contribution in [3.8, 4) is 0 Å². The van der Waals surface area contributed by atoms with Gasteiger partial charge in [-0.2, -0.15) is 0 Å². The Morgan fingerprint density at radius 2 is 2.30 bits per heavy atom. The van der Waals surface area contributed by atoms with E-state index in [4.69, 9.17) is 0 Å². The van der Waals surface area contributed by atoms with E-state index in [0.29, 0.717) is 6.42 Å². The molecule has 0 bridgehead atoms. The van der Waals surface area contributed by atoms with Crippen LogP contribution in [0.15, 0.2) is 23.2 Å². The van der Waals surface area contributed by atoms with Crippen molar-refractivity contribution in [3.63, 3.8) is 0 Å². The first-order valence-electron chi connectivity index (χ1n) is 6.24. The summed E-state index contributed by atoms with van der Waals surface area (Å²) in [4.78, 5) is 21.7. The predicted molar refractivity (Wildman–Crippen MR) is 80.2 cm³/mol. The lowest BCUT2D eigenvalue weighted by molar-refractivity contribution is -0.121. The van der Waals surface area contributed by atoms with Crippen LogP contribution in [0.1, 0.15) is 29.4 Å². The lowest BCUT2D eigenvalue weighted by Crippen LogP contribution is -2.28. The molecule has 3 heterocycles. The third-order valence-electron chi connectivity index (χ3n) is 2.94. The van der Waals surface area contributed by atoms with Crippen molar-refractivity contribution in [2.75, 3.05) is 0 Å². The molecule has 0 aliphatic carbocycles. The molecule has 0 saturated carbocycles. The number of aryl methyl sites for hydroxylation is 1. The normalized spacial score (nSPS) is 12.7. The van der Waals surface area contributed by atoms with Gasteiger partial charge in [-0.25, -0.2) is 9.97 Å². The molecule has 0 aliphatic rings. The fraction of sp³-hybridized carbons (Fsp3) is 0.308. The van der Waals surface area contributed by atoms with Gasteiger partial charge in [-0.15, -0.1) is 22.7 Å². The number of carbonyl (C=O) groups is 1. The molecule has 3 aromatic heterocycles. The number of carbonyl (C=O) groups excluding carboxylic acids is 1. The standard InChI is InChI=1S/C13H14N4OS2/c1-8(11-6-17-3-4-19-13(17)16-11)14-12(18)5-10-7-20-9(2)15-10/h3-4,6-8H,5H2,1-2H3,(H,14,18). The first kappa shape index (κ1) is 13.3. The van der Waals surface area contributed by atoms with Crippen molar-refractivity contribution < 1.29 is 4.79 Å². The summed E-state index contributed by atoms with van der Waals surface area (Å²) >= 11 is 3.14. The number of rotatable bonds is 4. The minimum atomic E-state index is -0.102. The fourth-order valence-electron chi connectivity index (χ4n) is 1.97. The van der Waals surface area contributed by atoms with E-state index in [1.54, 1.807) is 22.7 Å². The van der Waals surface area contributed by atoms with E-state index in [1.807, 2.05) is 41.4 Å². The molecule has 0 aliphatic heterocycles. The van der Waals surface area contributed by atoms with Crippen LogP contribution in [-0.2, 0) is 11.2 Å². The maximum Gasteiger partial charge on any atom is 0.226 e. The Kier molecular flexibility index (Phi) is 3.54. The van der Waals surface area contributed by atoms with Crippen molar-refractivity contribution >= 4 is 33.5 Å². The lowest BCUT2D eigenvalue weighted by atomic mass is 10.2.